The topological polar surface area (TPSA) is 47.5 Å². The van der Waals surface area contributed by atoms with Gasteiger partial charge in [0.25, 0.3) is 0 Å². The molecule has 2 fully saturated rings. The number of hydrogen-bond acceptors (Lipinski definition) is 5. The molecule has 2 aromatic heterocycles. The van der Waals surface area contributed by atoms with Gasteiger partial charge in [0.15, 0.2) is 0 Å². The van der Waals surface area contributed by atoms with Gasteiger partial charge in [-0.1, -0.05) is 24.3 Å². The van der Waals surface area contributed by atoms with Gasteiger partial charge in [0, 0.05) is 43.3 Å². The average molecular weight is 375 g/mol. The predicted octanol–water partition coefficient (Wildman–Crippen LogP) is 4.18. The number of rotatable bonds is 4. The molecule has 0 bridgehead atoms. The zero-order valence-corrected chi connectivity index (χ0v) is 16.0. The minimum atomic E-state index is 0.141. The molecule has 5 heteroatoms. The second kappa shape index (κ2) is 7.76. The Morgan fingerprint density at radius 3 is 2.79 bits per heavy atom. The summed E-state index contributed by atoms with van der Waals surface area (Å²) in [7, 11) is 0. The van der Waals surface area contributed by atoms with Crippen LogP contribution in [0.4, 0.5) is 5.82 Å². The monoisotopic (exact) mass is 375 g/mol. The molecule has 2 saturated heterocycles. The Hall–Kier alpha value is -2.66. The van der Waals surface area contributed by atoms with Crippen molar-refractivity contribution in [3.63, 3.8) is 0 Å². The van der Waals surface area contributed by atoms with Gasteiger partial charge in [0.1, 0.15) is 11.9 Å². The molecule has 0 amide bonds. The molecular formula is C23H25N3O2. The fourth-order valence-corrected chi connectivity index (χ4v) is 4.24. The van der Waals surface area contributed by atoms with Crippen molar-refractivity contribution in [3.8, 4) is 5.88 Å². The summed E-state index contributed by atoms with van der Waals surface area (Å²) in [4.78, 5) is 11.7. The molecule has 4 heterocycles. The van der Waals surface area contributed by atoms with Crippen molar-refractivity contribution in [2.24, 2.45) is 0 Å². The fourth-order valence-electron chi connectivity index (χ4n) is 4.24. The molecule has 1 aromatic carbocycles. The van der Waals surface area contributed by atoms with E-state index in [4.69, 9.17) is 14.5 Å². The molecule has 5 nitrogen and oxygen atoms in total. The molecule has 0 unspecified atom stereocenters. The standard InChI is InChI=1S/C23H25N3O2/c1-2-6-21-18(4-1)7-8-22(25-21)26-13-9-19(16-26)28-23-20(5-3-12-24-23)17-10-14-27-15-11-17/h1-8,12,17,19H,9-11,13-16H2/t19-/m0/s1. The normalized spacial score (nSPS) is 20.6. The van der Waals surface area contributed by atoms with Gasteiger partial charge in [-0.3, -0.25) is 0 Å². The first-order chi connectivity index (χ1) is 13.9. The van der Waals surface area contributed by atoms with Crippen LogP contribution in [-0.2, 0) is 4.74 Å². The van der Waals surface area contributed by atoms with Gasteiger partial charge in [-0.2, -0.15) is 0 Å². The van der Waals surface area contributed by atoms with Crippen LogP contribution in [0.15, 0.2) is 54.7 Å². The third kappa shape index (κ3) is 3.54. The lowest BCUT2D eigenvalue weighted by atomic mass is 9.92. The lowest BCUT2D eigenvalue weighted by Crippen LogP contribution is -2.26. The summed E-state index contributed by atoms with van der Waals surface area (Å²) in [5.74, 6) is 2.31. The smallest absolute Gasteiger partial charge is 0.217 e. The zero-order chi connectivity index (χ0) is 18.8. The first-order valence-corrected chi connectivity index (χ1v) is 10.2. The van der Waals surface area contributed by atoms with E-state index in [0.29, 0.717) is 5.92 Å². The van der Waals surface area contributed by atoms with Crippen LogP contribution in [0, 0.1) is 0 Å². The molecule has 0 saturated carbocycles. The SMILES string of the molecule is c1cnc(O[C@H]2CCN(c3ccc4ccccc4n3)C2)c(C2CCOCC2)c1. The van der Waals surface area contributed by atoms with E-state index in [2.05, 4.69) is 40.2 Å². The number of benzene rings is 1. The first kappa shape index (κ1) is 17.4. The number of fused-ring (bicyclic) bond motifs is 1. The van der Waals surface area contributed by atoms with Gasteiger partial charge < -0.3 is 14.4 Å². The number of hydrogen-bond donors (Lipinski definition) is 0. The number of nitrogens with zero attached hydrogens (tertiary/aromatic N) is 3. The van der Waals surface area contributed by atoms with Crippen molar-refractivity contribution in [2.75, 3.05) is 31.2 Å². The third-order valence-electron chi connectivity index (χ3n) is 5.79. The van der Waals surface area contributed by atoms with Crippen LogP contribution in [0.5, 0.6) is 5.88 Å². The highest BCUT2D eigenvalue weighted by atomic mass is 16.5. The van der Waals surface area contributed by atoms with E-state index in [1.54, 1.807) is 0 Å². The Balaban J connectivity index is 1.30. The quantitative estimate of drug-likeness (QED) is 0.685. The van der Waals surface area contributed by atoms with Crippen LogP contribution >= 0.6 is 0 Å². The summed E-state index contributed by atoms with van der Waals surface area (Å²) in [6.45, 7) is 3.44. The number of para-hydroxylation sites is 1. The summed E-state index contributed by atoms with van der Waals surface area (Å²) >= 11 is 0. The van der Waals surface area contributed by atoms with Crippen molar-refractivity contribution in [2.45, 2.75) is 31.3 Å². The molecule has 0 N–H and O–H groups in total. The average Bonchev–Trinajstić information content (AvgIpc) is 3.23. The second-order valence-corrected chi connectivity index (χ2v) is 7.62. The Morgan fingerprint density at radius 2 is 1.86 bits per heavy atom. The van der Waals surface area contributed by atoms with Crippen LogP contribution in [0.25, 0.3) is 10.9 Å². The Morgan fingerprint density at radius 1 is 0.964 bits per heavy atom. The number of ether oxygens (including phenoxy) is 2. The van der Waals surface area contributed by atoms with Gasteiger partial charge in [-0.25, -0.2) is 9.97 Å². The molecule has 5 rings (SSSR count). The van der Waals surface area contributed by atoms with Gasteiger partial charge >= 0.3 is 0 Å². The first-order valence-electron chi connectivity index (χ1n) is 10.2. The third-order valence-corrected chi connectivity index (χ3v) is 5.79. The predicted molar refractivity (Wildman–Crippen MR) is 110 cm³/mol. The van der Waals surface area contributed by atoms with Crippen molar-refractivity contribution in [1.82, 2.24) is 9.97 Å². The number of pyridine rings is 2. The molecule has 144 valence electrons. The highest BCUT2D eigenvalue weighted by Crippen LogP contribution is 2.33. The molecular weight excluding hydrogens is 350 g/mol. The minimum Gasteiger partial charge on any atom is -0.472 e. The molecule has 0 spiro atoms. The second-order valence-electron chi connectivity index (χ2n) is 7.62. The van der Waals surface area contributed by atoms with Crippen molar-refractivity contribution in [3.05, 3.63) is 60.3 Å². The number of aromatic nitrogens is 2. The number of anilines is 1. The van der Waals surface area contributed by atoms with Crippen LogP contribution in [0.2, 0.25) is 0 Å². The zero-order valence-electron chi connectivity index (χ0n) is 16.0. The summed E-state index contributed by atoms with van der Waals surface area (Å²) in [5.41, 5.74) is 2.27. The van der Waals surface area contributed by atoms with E-state index in [-0.39, 0.29) is 6.10 Å². The maximum absolute atomic E-state index is 6.38. The van der Waals surface area contributed by atoms with Crippen LogP contribution < -0.4 is 9.64 Å². The molecule has 0 radical (unpaired) electrons. The molecule has 0 aliphatic carbocycles. The van der Waals surface area contributed by atoms with E-state index in [1.807, 2.05) is 24.4 Å². The lowest BCUT2D eigenvalue weighted by molar-refractivity contribution is 0.0840. The molecule has 2 aliphatic rings. The van der Waals surface area contributed by atoms with Crippen LogP contribution in [0.1, 0.15) is 30.7 Å². The van der Waals surface area contributed by atoms with Gasteiger partial charge in [-0.15, -0.1) is 0 Å². The van der Waals surface area contributed by atoms with E-state index >= 15 is 0 Å². The van der Waals surface area contributed by atoms with E-state index < -0.39 is 0 Å². The lowest BCUT2D eigenvalue weighted by Gasteiger charge is -2.25. The summed E-state index contributed by atoms with van der Waals surface area (Å²) in [6, 6.07) is 16.7. The summed E-state index contributed by atoms with van der Waals surface area (Å²) in [6.07, 6.45) is 5.04. The summed E-state index contributed by atoms with van der Waals surface area (Å²) < 4.78 is 11.9. The van der Waals surface area contributed by atoms with Crippen LogP contribution in [0.3, 0.4) is 0 Å². The van der Waals surface area contributed by atoms with Gasteiger partial charge in [0.05, 0.1) is 12.1 Å². The fraction of sp³-hybridized carbons (Fsp3) is 0.391. The Labute approximate surface area is 165 Å². The summed E-state index contributed by atoms with van der Waals surface area (Å²) in [5, 5.41) is 1.17. The maximum atomic E-state index is 6.38. The molecule has 3 aromatic rings. The van der Waals surface area contributed by atoms with E-state index in [9.17, 15) is 0 Å². The van der Waals surface area contributed by atoms with Gasteiger partial charge in [-0.05, 0) is 43.0 Å². The molecule has 28 heavy (non-hydrogen) atoms. The Bertz CT molecular complexity index is 955. The van der Waals surface area contributed by atoms with Gasteiger partial charge in [0.2, 0.25) is 5.88 Å². The molecule has 1 atom stereocenters. The highest BCUT2D eigenvalue weighted by Gasteiger charge is 2.28. The maximum Gasteiger partial charge on any atom is 0.217 e. The minimum absolute atomic E-state index is 0.141. The van der Waals surface area contributed by atoms with E-state index in [0.717, 1.165) is 62.8 Å². The van der Waals surface area contributed by atoms with Crippen molar-refractivity contribution < 1.29 is 9.47 Å². The molecule has 2 aliphatic heterocycles. The largest absolute Gasteiger partial charge is 0.472 e. The van der Waals surface area contributed by atoms with E-state index in [1.165, 1.54) is 10.9 Å². The highest BCUT2D eigenvalue weighted by molar-refractivity contribution is 5.80. The Kier molecular flexibility index (Phi) is 4.83. The van der Waals surface area contributed by atoms with Crippen molar-refractivity contribution in [1.29, 1.82) is 0 Å². The van der Waals surface area contributed by atoms with Crippen LogP contribution in [-0.4, -0.2) is 42.4 Å². The van der Waals surface area contributed by atoms with Crippen molar-refractivity contribution >= 4 is 16.7 Å².